The zero-order chi connectivity index (χ0) is 31.5. The molecule has 0 aliphatic heterocycles. The van der Waals surface area contributed by atoms with Crippen LogP contribution in [0.2, 0.25) is 0 Å². The van der Waals surface area contributed by atoms with Gasteiger partial charge in [-0.2, -0.15) is 0 Å². The molecule has 44 heavy (non-hydrogen) atoms. The molecule has 236 valence electrons. The molecule has 10 heteroatoms. The van der Waals surface area contributed by atoms with Gasteiger partial charge < -0.3 is 15.0 Å². The average molecular weight is 685 g/mol. The Bertz CT molecular complexity index is 1480. The number of nitrogens with zero attached hydrogens (tertiary/aromatic N) is 2. The molecule has 1 saturated carbocycles. The lowest BCUT2D eigenvalue weighted by Gasteiger charge is -2.33. The Balaban J connectivity index is 1.59. The SMILES string of the molecule is CCOc1ccccc1N(CCCC(=O)N(Cc1ccc(Br)cc1)[C@@H](Cc1ccccc1)C(=O)NC1CCCC1)S(C)(=O)=O. The second-order valence-corrected chi connectivity index (χ2v) is 14.0. The molecule has 0 spiro atoms. The minimum atomic E-state index is -3.65. The molecule has 4 rings (SSSR count). The summed E-state index contributed by atoms with van der Waals surface area (Å²) >= 11 is 3.48. The Morgan fingerprint density at radius 2 is 1.61 bits per heavy atom. The lowest BCUT2D eigenvalue weighted by Crippen LogP contribution is -2.52. The van der Waals surface area contributed by atoms with Gasteiger partial charge in [-0.25, -0.2) is 8.42 Å². The van der Waals surface area contributed by atoms with Crippen molar-refractivity contribution < 1.29 is 22.7 Å². The first-order valence-corrected chi connectivity index (χ1v) is 17.9. The molecule has 1 N–H and O–H groups in total. The number of sulfonamides is 1. The summed E-state index contributed by atoms with van der Waals surface area (Å²) in [5.74, 6) is 0.103. The van der Waals surface area contributed by atoms with Gasteiger partial charge in [0.2, 0.25) is 21.8 Å². The molecule has 0 radical (unpaired) electrons. The van der Waals surface area contributed by atoms with Crippen LogP contribution in [0.4, 0.5) is 5.69 Å². The first-order valence-electron chi connectivity index (χ1n) is 15.2. The fraction of sp³-hybridized carbons (Fsp3) is 0.412. The molecule has 3 aromatic rings. The Hall–Kier alpha value is -3.37. The highest BCUT2D eigenvalue weighted by atomic mass is 79.9. The largest absolute Gasteiger partial charge is 0.492 e. The van der Waals surface area contributed by atoms with Crippen molar-refractivity contribution in [2.75, 3.05) is 23.7 Å². The number of rotatable bonds is 15. The van der Waals surface area contributed by atoms with Crippen molar-refractivity contribution in [3.05, 3.63) is 94.5 Å². The van der Waals surface area contributed by atoms with Gasteiger partial charge in [-0.05, 0) is 61.6 Å². The quantitative estimate of drug-likeness (QED) is 0.209. The molecule has 3 aromatic carbocycles. The Morgan fingerprint density at radius 3 is 2.27 bits per heavy atom. The number of amides is 2. The van der Waals surface area contributed by atoms with Crippen molar-refractivity contribution in [3.63, 3.8) is 0 Å². The average Bonchev–Trinajstić information content (AvgIpc) is 3.51. The van der Waals surface area contributed by atoms with E-state index < -0.39 is 16.1 Å². The third kappa shape index (κ3) is 9.56. The van der Waals surface area contributed by atoms with E-state index in [4.69, 9.17) is 4.74 Å². The van der Waals surface area contributed by atoms with Crippen molar-refractivity contribution in [1.82, 2.24) is 10.2 Å². The molecule has 1 atom stereocenters. The summed E-state index contributed by atoms with van der Waals surface area (Å²) in [7, 11) is -3.65. The summed E-state index contributed by atoms with van der Waals surface area (Å²) in [6, 6.07) is 23.8. The Morgan fingerprint density at radius 1 is 0.955 bits per heavy atom. The topological polar surface area (TPSA) is 96.0 Å². The summed E-state index contributed by atoms with van der Waals surface area (Å²) in [5.41, 5.74) is 2.30. The molecule has 1 aliphatic rings. The van der Waals surface area contributed by atoms with Crippen LogP contribution in [0.1, 0.15) is 56.6 Å². The second-order valence-electron chi connectivity index (χ2n) is 11.2. The highest BCUT2D eigenvalue weighted by Crippen LogP contribution is 2.30. The third-order valence-electron chi connectivity index (χ3n) is 7.82. The molecular formula is C34H42BrN3O5S. The normalized spacial score (nSPS) is 14.2. The van der Waals surface area contributed by atoms with Crippen molar-refractivity contribution in [1.29, 1.82) is 0 Å². The lowest BCUT2D eigenvalue weighted by atomic mass is 10.0. The smallest absolute Gasteiger partial charge is 0.243 e. The molecule has 1 fully saturated rings. The molecule has 0 heterocycles. The summed E-state index contributed by atoms with van der Waals surface area (Å²) in [6.07, 6.45) is 5.91. The van der Waals surface area contributed by atoms with Crippen LogP contribution in [0.15, 0.2) is 83.3 Å². The third-order valence-corrected chi connectivity index (χ3v) is 9.53. The van der Waals surface area contributed by atoms with E-state index in [0.717, 1.165) is 47.5 Å². The van der Waals surface area contributed by atoms with Gasteiger partial charge in [-0.1, -0.05) is 83.4 Å². The minimum absolute atomic E-state index is 0.0708. The predicted molar refractivity (Wildman–Crippen MR) is 178 cm³/mol. The number of ether oxygens (including phenoxy) is 1. The van der Waals surface area contributed by atoms with E-state index in [1.807, 2.05) is 61.5 Å². The number of carbonyl (C=O) groups excluding carboxylic acids is 2. The van der Waals surface area contributed by atoms with Crippen LogP contribution in [0.3, 0.4) is 0 Å². The van der Waals surface area contributed by atoms with Crippen LogP contribution in [-0.4, -0.2) is 56.6 Å². The van der Waals surface area contributed by atoms with Gasteiger partial charge in [0.25, 0.3) is 0 Å². The van der Waals surface area contributed by atoms with Gasteiger partial charge in [0.1, 0.15) is 11.8 Å². The lowest BCUT2D eigenvalue weighted by molar-refractivity contribution is -0.141. The van der Waals surface area contributed by atoms with Crippen molar-refractivity contribution >= 4 is 43.5 Å². The van der Waals surface area contributed by atoms with E-state index >= 15 is 0 Å². The number of para-hydroxylation sites is 2. The van der Waals surface area contributed by atoms with Crippen molar-refractivity contribution in [2.24, 2.45) is 0 Å². The van der Waals surface area contributed by atoms with Crippen LogP contribution in [0.25, 0.3) is 0 Å². The predicted octanol–water partition coefficient (Wildman–Crippen LogP) is 6.09. The Kier molecular flexibility index (Phi) is 12.3. The van der Waals surface area contributed by atoms with Gasteiger partial charge in [0, 0.05) is 36.4 Å². The van der Waals surface area contributed by atoms with E-state index in [9.17, 15) is 18.0 Å². The number of anilines is 1. The highest BCUT2D eigenvalue weighted by Gasteiger charge is 2.32. The monoisotopic (exact) mass is 683 g/mol. The zero-order valence-electron chi connectivity index (χ0n) is 25.5. The number of nitrogens with one attached hydrogen (secondary N) is 1. The molecule has 0 unspecified atom stereocenters. The van der Waals surface area contributed by atoms with Gasteiger partial charge in [-0.3, -0.25) is 13.9 Å². The summed E-state index contributed by atoms with van der Waals surface area (Å²) < 4.78 is 33.6. The molecule has 1 aliphatic carbocycles. The van der Waals surface area contributed by atoms with Gasteiger partial charge in [0.05, 0.1) is 18.6 Å². The number of benzene rings is 3. The van der Waals surface area contributed by atoms with Crippen LogP contribution < -0.4 is 14.4 Å². The van der Waals surface area contributed by atoms with Crippen LogP contribution in [0.5, 0.6) is 5.75 Å². The fourth-order valence-corrected chi connectivity index (χ4v) is 6.86. The summed E-state index contributed by atoms with van der Waals surface area (Å²) in [6.45, 7) is 2.59. The standard InChI is InChI=1S/C34H42BrN3O5S/c1-3-43-32-17-10-9-16-30(32)38(44(2,41)42)23-11-18-33(39)37(25-27-19-21-28(35)22-20-27)31(24-26-12-5-4-6-13-26)34(40)36-29-14-7-8-15-29/h4-6,9-10,12-13,16-17,19-22,29,31H,3,7-8,11,14-15,18,23-25H2,1-2H3,(H,36,40)/t31-/m0/s1. The summed E-state index contributed by atoms with van der Waals surface area (Å²) in [5, 5.41) is 3.22. The van der Waals surface area contributed by atoms with Crippen LogP contribution >= 0.6 is 15.9 Å². The van der Waals surface area contributed by atoms with E-state index in [1.165, 1.54) is 4.31 Å². The van der Waals surface area contributed by atoms with Crippen molar-refractivity contribution in [3.8, 4) is 5.75 Å². The fourth-order valence-electron chi connectivity index (χ4n) is 5.63. The number of hydrogen-bond donors (Lipinski definition) is 1. The molecule has 2 amide bonds. The first kappa shape index (κ1) is 33.5. The number of carbonyl (C=O) groups is 2. The van der Waals surface area contributed by atoms with Gasteiger partial charge in [-0.15, -0.1) is 0 Å². The molecular weight excluding hydrogens is 642 g/mol. The van der Waals surface area contributed by atoms with Crippen LogP contribution in [-0.2, 0) is 32.6 Å². The maximum Gasteiger partial charge on any atom is 0.243 e. The molecule has 0 bridgehead atoms. The minimum Gasteiger partial charge on any atom is -0.492 e. The molecule has 0 saturated heterocycles. The first-order chi connectivity index (χ1) is 21.2. The maximum atomic E-state index is 14.1. The van der Waals surface area contributed by atoms with E-state index in [0.29, 0.717) is 24.5 Å². The molecule has 8 nitrogen and oxygen atoms in total. The van der Waals surface area contributed by atoms with Crippen LogP contribution in [0, 0.1) is 0 Å². The van der Waals surface area contributed by atoms with Crippen molar-refractivity contribution in [2.45, 2.75) is 70.5 Å². The number of halogens is 1. The van der Waals surface area contributed by atoms with Gasteiger partial charge in [0.15, 0.2) is 0 Å². The highest BCUT2D eigenvalue weighted by molar-refractivity contribution is 9.10. The van der Waals surface area contributed by atoms with E-state index in [1.54, 1.807) is 29.2 Å². The Labute approximate surface area is 270 Å². The van der Waals surface area contributed by atoms with E-state index in [-0.39, 0.29) is 43.8 Å². The number of hydrogen-bond acceptors (Lipinski definition) is 5. The maximum absolute atomic E-state index is 14.1. The van der Waals surface area contributed by atoms with Gasteiger partial charge >= 0.3 is 0 Å². The molecule has 0 aromatic heterocycles. The summed E-state index contributed by atoms with van der Waals surface area (Å²) in [4.78, 5) is 29.6. The van der Waals surface area contributed by atoms with E-state index in [2.05, 4.69) is 21.2 Å². The zero-order valence-corrected chi connectivity index (χ0v) is 27.9. The second kappa shape index (κ2) is 16.1.